The van der Waals surface area contributed by atoms with Gasteiger partial charge in [-0.15, -0.1) is 0 Å². The molecule has 0 heterocycles. The minimum atomic E-state index is -4.57. The van der Waals surface area contributed by atoms with Gasteiger partial charge in [0, 0.05) is 16.5 Å². The second kappa shape index (κ2) is 5.34. The van der Waals surface area contributed by atoms with E-state index in [0.717, 1.165) is 0 Å². The van der Waals surface area contributed by atoms with Crippen LogP contribution >= 0.6 is 23.2 Å². The summed E-state index contributed by atoms with van der Waals surface area (Å²) in [5.74, 6) is -1.29. The lowest BCUT2D eigenvalue weighted by atomic mass is 10.0. The zero-order valence-electron chi connectivity index (χ0n) is 8.76. The topological polar surface area (TPSA) is 63.3 Å². The van der Waals surface area contributed by atoms with Crippen LogP contribution in [0.5, 0.6) is 0 Å². The molecule has 0 aromatic heterocycles. The van der Waals surface area contributed by atoms with Crippen LogP contribution in [0, 0.1) is 0 Å². The predicted octanol–water partition coefficient (Wildman–Crippen LogP) is 2.97. The molecular formula is C10H8Cl2F3NO2. The summed E-state index contributed by atoms with van der Waals surface area (Å²) in [6.07, 6.45) is -4.81. The first-order chi connectivity index (χ1) is 8.12. The van der Waals surface area contributed by atoms with Crippen LogP contribution in [0.2, 0.25) is 10.0 Å². The van der Waals surface area contributed by atoms with Crippen LogP contribution in [0.1, 0.15) is 11.1 Å². The molecule has 1 atom stereocenters. The van der Waals surface area contributed by atoms with Crippen molar-refractivity contribution in [1.82, 2.24) is 0 Å². The predicted molar refractivity (Wildman–Crippen MR) is 60.8 cm³/mol. The molecule has 8 heteroatoms. The van der Waals surface area contributed by atoms with E-state index < -0.39 is 23.8 Å². The summed E-state index contributed by atoms with van der Waals surface area (Å²) < 4.78 is 37.3. The first kappa shape index (κ1) is 15.1. The average Bonchev–Trinajstić information content (AvgIpc) is 2.21. The Morgan fingerprint density at radius 1 is 1.33 bits per heavy atom. The van der Waals surface area contributed by atoms with Crippen LogP contribution in [-0.4, -0.2) is 17.1 Å². The minimum Gasteiger partial charge on any atom is -0.480 e. The van der Waals surface area contributed by atoms with E-state index in [0.29, 0.717) is 12.1 Å². The normalized spacial score (nSPS) is 13.4. The summed E-state index contributed by atoms with van der Waals surface area (Å²) in [6.45, 7) is 0. The number of halogens is 5. The van der Waals surface area contributed by atoms with Gasteiger partial charge < -0.3 is 10.8 Å². The third-order valence-corrected chi connectivity index (χ3v) is 2.88. The Labute approximate surface area is 110 Å². The van der Waals surface area contributed by atoms with Gasteiger partial charge in [-0.3, -0.25) is 4.79 Å². The van der Waals surface area contributed by atoms with E-state index in [1.807, 2.05) is 0 Å². The molecule has 100 valence electrons. The van der Waals surface area contributed by atoms with Crippen molar-refractivity contribution in [2.45, 2.75) is 18.6 Å². The van der Waals surface area contributed by atoms with Crippen molar-refractivity contribution in [2.75, 3.05) is 0 Å². The molecule has 0 fully saturated rings. The fourth-order valence-electron chi connectivity index (χ4n) is 1.27. The zero-order valence-corrected chi connectivity index (χ0v) is 10.3. The molecule has 18 heavy (non-hydrogen) atoms. The van der Waals surface area contributed by atoms with E-state index >= 15 is 0 Å². The van der Waals surface area contributed by atoms with Crippen LogP contribution in [0.3, 0.4) is 0 Å². The highest BCUT2D eigenvalue weighted by atomic mass is 35.5. The molecule has 0 spiro atoms. The van der Waals surface area contributed by atoms with Crippen molar-refractivity contribution in [2.24, 2.45) is 5.73 Å². The van der Waals surface area contributed by atoms with Crippen LogP contribution in [0.4, 0.5) is 13.2 Å². The molecule has 0 aliphatic heterocycles. The number of hydrogen-bond acceptors (Lipinski definition) is 2. The Balaban J connectivity index is 3.13. The van der Waals surface area contributed by atoms with Gasteiger partial charge in [0.2, 0.25) is 0 Å². The van der Waals surface area contributed by atoms with E-state index in [1.54, 1.807) is 0 Å². The van der Waals surface area contributed by atoms with Crippen LogP contribution < -0.4 is 5.73 Å². The number of aliphatic carboxylic acids is 1. The molecule has 0 bridgehead atoms. The van der Waals surface area contributed by atoms with Crippen molar-refractivity contribution in [3.63, 3.8) is 0 Å². The van der Waals surface area contributed by atoms with E-state index in [1.165, 1.54) is 0 Å². The molecule has 0 aliphatic carbocycles. The first-order valence-electron chi connectivity index (χ1n) is 4.66. The van der Waals surface area contributed by atoms with Crippen molar-refractivity contribution in [3.05, 3.63) is 33.3 Å². The monoisotopic (exact) mass is 301 g/mol. The van der Waals surface area contributed by atoms with E-state index in [4.69, 9.17) is 34.0 Å². The van der Waals surface area contributed by atoms with Crippen molar-refractivity contribution >= 4 is 29.2 Å². The molecule has 3 N–H and O–H groups in total. The lowest BCUT2D eigenvalue weighted by molar-refractivity contribution is -0.139. The average molecular weight is 302 g/mol. The molecule has 0 amide bonds. The fraction of sp³-hybridized carbons (Fsp3) is 0.300. The Morgan fingerprint density at radius 2 is 1.78 bits per heavy atom. The van der Waals surface area contributed by atoms with Gasteiger partial charge in [-0.05, 0) is 17.7 Å². The Bertz CT molecular complexity index is 454. The van der Waals surface area contributed by atoms with Gasteiger partial charge in [0.1, 0.15) is 6.04 Å². The van der Waals surface area contributed by atoms with Crippen LogP contribution in [-0.2, 0) is 17.4 Å². The van der Waals surface area contributed by atoms with E-state index in [9.17, 15) is 18.0 Å². The zero-order chi connectivity index (χ0) is 14.1. The van der Waals surface area contributed by atoms with Crippen molar-refractivity contribution in [1.29, 1.82) is 0 Å². The third kappa shape index (κ3) is 3.51. The van der Waals surface area contributed by atoms with Crippen LogP contribution in [0.25, 0.3) is 0 Å². The fourth-order valence-corrected chi connectivity index (χ4v) is 1.91. The highest BCUT2D eigenvalue weighted by molar-refractivity contribution is 6.36. The molecule has 0 saturated heterocycles. The number of alkyl halides is 3. The minimum absolute atomic E-state index is 0.0845. The summed E-state index contributed by atoms with van der Waals surface area (Å²) >= 11 is 11.3. The van der Waals surface area contributed by atoms with Crippen LogP contribution in [0.15, 0.2) is 12.1 Å². The molecule has 1 rings (SSSR count). The van der Waals surface area contributed by atoms with Gasteiger partial charge in [0.25, 0.3) is 0 Å². The van der Waals surface area contributed by atoms with E-state index in [-0.39, 0.29) is 22.0 Å². The van der Waals surface area contributed by atoms with Gasteiger partial charge in [-0.25, -0.2) is 0 Å². The van der Waals surface area contributed by atoms with Gasteiger partial charge in [-0.1, -0.05) is 23.2 Å². The number of hydrogen-bond donors (Lipinski definition) is 2. The molecule has 0 saturated carbocycles. The second-order valence-corrected chi connectivity index (χ2v) is 4.38. The van der Waals surface area contributed by atoms with Gasteiger partial charge in [0.05, 0.1) is 5.56 Å². The Hall–Kier alpha value is -0.980. The SMILES string of the molecule is NC(Cc1c(Cl)cc(C(F)(F)F)cc1Cl)C(=O)O. The van der Waals surface area contributed by atoms with E-state index in [2.05, 4.69) is 0 Å². The number of benzene rings is 1. The Kier molecular flexibility index (Phi) is 4.47. The van der Waals surface area contributed by atoms with Gasteiger partial charge in [0.15, 0.2) is 0 Å². The number of carboxylic acid groups (broad SMARTS) is 1. The summed E-state index contributed by atoms with van der Waals surface area (Å²) in [4.78, 5) is 10.6. The molecule has 1 aromatic rings. The summed E-state index contributed by atoms with van der Waals surface area (Å²) in [5, 5.41) is 8.10. The highest BCUT2D eigenvalue weighted by Crippen LogP contribution is 2.36. The lowest BCUT2D eigenvalue weighted by Crippen LogP contribution is -2.32. The van der Waals surface area contributed by atoms with Crippen molar-refractivity contribution in [3.8, 4) is 0 Å². The molecule has 1 aromatic carbocycles. The first-order valence-corrected chi connectivity index (χ1v) is 5.42. The lowest BCUT2D eigenvalue weighted by Gasteiger charge is -2.13. The Morgan fingerprint density at radius 3 is 2.11 bits per heavy atom. The number of carboxylic acids is 1. The standard InChI is InChI=1S/C10H8Cl2F3NO2/c11-6-1-4(10(13,14)15)2-7(12)5(6)3-8(16)9(17)18/h1-2,8H,3,16H2,(H,17,18). The molecular weight excluding hydrogens is 294 g/mol. The van der Waals surface area contributed by atoms with Gasteiger partial charge >= 0.3 is 12.1 Å². The largest absolute Gasteiger partial charge is 0.480 e. The summed E-state index contributed by atoms with van der Waals surface area (Å²) in [7, 11) is 0. The maximum Gasteiger partial charge on any atom is 0.416 e. The molecule has 0 radical (unpaired) electrons. The smallest absolute Gasteiger partial charge is 0.416 e. The summed E-state index contributed by atoms with van der Waals surface area (Å²) in [5.41, 5.74) is 4.36. The maximum atomic E-state index is 12.4. The third-order valence-electron chi connectivity index (χ3n) is 2.21. The molecule has 3 nitrogen and oxygen atoms in total. The quantitative estimate of drug-likeness (QED) is 0.902. The van der Waals surface area contributed by atoms with Crippen molar-refractivity contribution < 1.29 is 23.1 Å². The molecule has 0 aliphatic rings. The summed E-state index contributed by atoms with van der Waals surface area (Å²) in [6, 6.07) is 0.103. The number of carbonyl (C=O) groups is 1. The second-order valence-electron chi connectivity index (χ2n) is 3.57. The maximum absolute atomic E-state index is 12.4. The number of rotatable bonds is 3. The molecule has 1 unspecified atom stereocenters. The number of nitrogens with two attached hydrogens (primary N) is 1. The highest BCUT2D eigenvalue weighted by Gasteiger charge is 2.32. The van der Waals surface area contributed by atoms with Gasteiger partial charge in [-0.2, -0.15) is 13.2 Å².